The number of nitrogens with zero attached hydrogens (tertiary/aromatic N) is 1. The second-order valence-electron chi connectivity index (χ2n) is 36.1. The van der Waals surface area contributed by atoms with E-state index in [0.717, 1.165) is 6.92 Å². The van der Waals surface area contributed by atoms with Crippen molar-refractivity contribution in [1.29, 1.82) is 0 Å². The number of primary amides is 1. The third-order valence-corrected chi connectivity index (χ3v) is 24.2. The number of amides is 18. The van der Waals surface area contributed by atoms with Gasteiger partial charge >= 0.3 is 35.8 Å². The van der Waals surface area contributed by atoms with E-state index < -0.39 is 323 Å². The lowest BCUT2D eigenvalue weighted by Gasteiger charge is -2.29. The fourth-order valence-electron chi connectivity index (χ4n) is 16.4. The van der Waals surface area contributed by atoms with Gasteiger partial charge in [-0.25, -0.2) is 0 Å². The van der Waals surface area contributed by atoms with Crippen LogP contribution in [0.25, 0.3) is 21.8 Å². The minimum Gasteiger partial charge on any atom is -0.508 e. The number of methoxy groups -OCH3 is 1. The highest BCUT2D eigenvalue weighted by Crippen LogP contribution is 2.25. The van der Waals surface area contributed by atoms with Crippen LogP contribution in [-0.4, -0.2) is 317 Å². The number of carboxylic acid groups (broad SMARTS) is 6. The molecule has 2 aliphatic heterocycles. The average molecular weight is 2080 g/mol. The van der Waals surface area contributed by atoms with Crippen molar-refractivity contribution in [3.8, 4) is 5.75 Å². The van der Waals surface area contributed by atoms with E-state index in [1.807, 2.05) is 0 Å². The number of likely N-dealkylation sites (tertiary alicyclic amines) is 1. The van der Waals surface area contributed by atoms with Crippen molar-refractivity contribution in [2.45, 2.75) is 246 Å². The first kappa shape index (κ1) is 117. The van der Waals surface area contributed by atoms with Crippen molar-refractivity contribution >= 4 is 164 Å². The Kier molecular flexibility index (Phi) is 45.3. The summed E-state index contributed by atoms with van der Waals surface area (Å²) < 4.78 is 5.20. The Balaban J connectivity index is 0.957. The highest BCUT2D eigenvalue weighted by molar-refractivity contribution is 6.03. The molecule has 4 aromatic carbocycles. The van der Waals surface area contributed by atoms with Gasteiger partial charge in [-0.1, -0.05) is 92.7 Å². The predicted molar refractivity (Wildman–Crippen MR) is 520 cm³/mol. The number of aromatic amines is 2. The number of rotatable bonds is 62. The molecule has 2 aromatic heterocycles. The number of ether oxygens (including phenoxy) is 1. The summed E-state index contributed by atoms with van der Waals surface area (Å²) in [4.78, 5) is 334. The number of carbonyl (C=O) groups excluding carboxylic acids is 18. The van der Waals surface area contributed by atoms with E-state index in [9.17, 15) is 151 Å². The highest BCUT2D eigenvalue weighted by Gasteiger charge is 2.42. The van der Waals surface area contributed by atoms with Crippen molar-refractivity contribution in [3.63, 3.8) is 0 Å². The van der Waals surface area contributed by atoms with Gasteiger partial charge in [0.25, 0.3) is 0 Å². The first-order valence-corrected chi connectivity index (χ1v) is 47.8. The zero-order valence-corrected chi connectivity index (χ0v) is 81.7. The largest absolute Gasteiger partial charge is 0.508 e. The molecule has 804 valence electrons. The molecule has 2 fully saturated rings. The number of H-pyrrole nitrogens is 2. The molecule has 0 radical (unpaired) electrons. The molecule has 15 atom stereocenters. The lowest BCUT2D eigenvalue weighted by atomic mass is 9.99. The van der Waals surface area contributed by atoms with Crippen LogP contribution in [-0.2, 0) is 145 Å². The topological polar surface area (TPSA) is 814 Å². The van der Waals surface area contributed by atoms with Crippen molar-refractivity contribution in [2.75, 3.05) is 33.4 Å². The molecule has 0 unspecified atom stereocenters. The summed E-state index contributed by atoms with van der Waals surface area (Å²) in [5, 5.41) is 109. The molecule has 18 amide bonds. The van der Waals surface area contributed by atoms with Crippen LogP contribution >= 0.6 is 0 Å². The molecule has 0 spiro atoms. The number of carbonyl (C=O) groups is 24. The van der Waals surface area contributed by atoms with Crippen molar-refractivity contribution < 1.29 is 156 Å². The Morgan fingerprint density at radius 2 is 0.785 bits per heavy atom. The molecule has 52 heteroatoms. The highest BCUT2D eigenvalue weighted by atomic mass is 16.5. The smallest absolute Gasteiger partial charge is 0.305 e. The molecule has 52 nitrogen and oxygen atoms in total. The number of hydrogen-bond donors (Lipinski definition) is 26. The number of carboxylic acids is 6. The second kappa shape index (κ2) is 57.6. The van der Waals surface area contributed by atoms with Crippen LogP contribution in [0, 0.1) is 5.92 Å². The number of phenols is 1. The van der Waals surface area contributed by atoms with Crippen LogP contribution in [0.4, 0.5) is 0 Å². The molecular weight excluding hydrogens is 1960 g/mol. The summed E-state index contributed by atoms with van der Waals surface area (Å²) in [6, 6.07) is 1.50. The first-order chi connectivity index (χ1) is 70.7. The molecule has 27 N–H and O–H groups in total. The number of hydrogen-bond acceptors (Lipinski definition) is 26. The number of fused-ring (bicyclic) bond motifs is 2. The number of benzene rings is 4. The molecule has 0 saturated carbocycles. The summed E-state index contributed by atoms with van der Waals surface area (Å²) in [5.74, 6) is -29.6. The third kappa shape index (κ3) is 38.2. The molecular formula is C97H124N20O32. The minimum absolute atomic E-state index is 0.0734. The SMILES string of the molecule is COCC[C@H](NC(=O)[C@H](Cc1c[nH]c2ccccc12)NC(=O)CNC(=O)[C@H](Cc1ccc(O)cc1)NC(=O)[C@H](C)NC(=O)[C@H](CCC(=O)O)NC(=O)[C@H](CCC(=O)O)NC(=O)[C@H](CCC(=O)O)NC(=O)[C@H](CCC(=O)O)NC(=O)[C@H](CCC(=O)O)NC(=O)[C@H](CC(C)C)NC(=O)[C@H](Cc1c[nH]c2ccccc12)NC(=O)[C@@H]1CCCN1C(=O)CNC(=O)[C@@H]1CCC(=O)N1)C(=O)N[C@@H](CC(=O)O)C(=O)N[C@@H](Cc1ccccc1)C(N)=O. The summed E-state index contributed by atoms with van der Waals surface area (Å²) in [5.41, 5.74) is 8.59. The monoisotopic (exact) mass is 2080 g/mol. The number of aromatic hydroxyl groups is 1. The third-order valence-electron chi connectivity index (χ3n) is 24.2. The summed E-state index contributed by atoms with van der Waals surface area (Å²) in [6.07, 6.45) is -7.88. The fraction of sp³-hybridized carbons (Fsp3) is 0.464. The van der Waals surface area contributed by atoms with Gasteiger partial charge in [0.15, 0.2) is 0 Å². The van der Waals surface area contributed by atoms with E-state index in [1.165, 1.54) is 42.5 Å². The molecule has 149 heavy (non-hydrogen) atoms. The predicted octanol–water partition coefficient (Wildman–Crippen LogP) is -4.18. The number of nitrogens with two attached hydrogens (primary N) is 1. The number of para-hydroxylation sites is 2. The van der Waals surface area contributed by atoms with E-state index >= 15 is 0 Å². The number of phenolic OH excluding ortho intramolecular Hbond substituents is 1. The van der Waals surface area contributed by atoms with Gasteiger partial charge in [0, 0.05) is 119 Å². The van der Waals surface area contributed by atoms with Gasteiger partial charge in [-0.15, -0.1) is 0 Å². The van der Waals surface area contributed by atoms with E-state index in [1.54, 1.807) is 98.9 Å². The van der Waals surface area contributed by atoms with Gasteiger partial charge in [-0.2, -0.15) is 0 Å². The molecule has 0 aliphatic carbocycles. The zero-order chi connectivity index (χ0) is 109. The van der Waals surface area contributed by atoms with Crippen LogP contribution in [0.1, 0.15) is 152 Å². The van der Waals surface area contributed by atoms with Gasteiger partial charge in [0.2, 0.25) is 106 Å². The van der Waals surface area contributed by atoms with Gasteiger partial charge in [-0.05, 0) is 124 Å². The zero-order valence-electron chi connectivity index (χ0n) is 81.7. The van der Waals surface area contributed by atoms with Crippen molar-refractivity contribution in [1.82, 2.24) is 99.9 Å². The van der Waals surface area contributed by atoms with Crippen LogP contribution in [0.5, 0.6) is 5.75 Å². The lowest BCUT2D eigenvalue weighted by Crippen LogP contribution is -2.61. The van der Waals surface area contributed by atoms with Gasteiger partial charge in [0.1, 0.15) is 96.4 Å². The Morgan fingerprint density at radius 3 is 1.23 bits per heavy atom. The quantitative estimate of drug-likeness (QED) is 0.0172. The molecule has 6 aromatic rings. The van der Waals surface area contributed by atoms with Crippen LogP contribution < -0.4 is 90.8 Å². The van der Waals surface area contributed by atoms with Gasteiger partial charge in [-0.3, -0.25) is 115 Å². The molecule has 4 heterocycles. The number of nitrogens with one attached hydrogen (secondary N) is 18. The Morgan fingerprint density at radius 1 is 0.396 bits per heavy atom. The summed E-state index contributed by atoms with van der Waals surface area (Å²) >= 11 is 0. The first-order valence-electron chi connectivity index (χ1n) is 47.8. The maximum atomic E-state index is 14.9. The molecule has 0 bridgehead atoms. The number of aliphatic carboxylic acids is 6. The van der Waals surface area contributed by atoms with Crippen LogP contribution in [0.2, 0.25) is 0 Å². The summed E-state index contributed by atoms with van der Waals surface area (Å²) in [7, 11) is 1.26. The van der Waals surface area contributed by atoms with Crippen molar-refractivity contribution in [3.05, 3.63) is 138 Å². The average Bonchev–Trinajstić information content (AvgIpc) is 1.87. The van der Waals surface area contributed by atoms with Crippen molar-refractivity contribution in [2.24, 2.45) is 11.7 Å². The van der Waals surface area contributed by atoms with Gasteiger partial charge < -0.3 is 146 Å². The maximum absolute atomic E-state index is 14.9. The summed E-state index contributed by atoms with van der Waals surface area (Å²) in [6.45, 7) is 2.67. The van der Waals surface area contributed by atoms with E-state index in [-0.39, 0.29) is 81.7 Å². The molecule has 2 aliphatic rings. The fourth-order valence-corrected chi connectivity index (χ4v) is 16.4. The molecule has 8 rings (SSSR count). The van der Waals surface area contributed by atoms with Crippen LogP contribution in [0.15, 0.2) is 116 Å². The van der Waals surface area contributed by atoms with E-state index in [2.05, 4.69) is 95.0 Å². The van der Waals surface area contributed by atoms with Crippen LogP contribution in [0.3, 0.4) is 0 Å². The standard InChI is InChI=1S/C97H124N20O32/c1-49(2)39-68(114-95(146)71(43-54-46-100-59-18-11-9-16-57(54)59)116-97(148)73-19-12-37-117(73)76(121)48-102-85(136)60-24-30-74(119)104-60)93(144)110-65(29-35-81(130)131)91(142)109-64(28-34-80(128)129)90(141)108-63(27-33-79(126)127)89(140)107-62(26-32-78(124)125)88(139)106-61(25-31-77(122)123)87(138)103-50(3)84(135)113-69(41-52-20-22-55(118)23-21-52)86(137)101-47-75(120)105-70(42-53-45-99-58-17-10-8-15-56(53)58)94(145)111-66(36-38-149-4)92(143)115-72(44-82(132)133)96(147)112-67(83(98)134)40-51-13-6-5-7-14-51/h5-11,13-18,20-23,45-46,49-50,60-73,99-100,118H,12,19,24-44,47-48H2,1-4H3,(H2,98,134)(H,101,137)(H,102,136)(H,103,138)(H,104,119)(H,105,120)(H,106,139)(H,107,140)(H,108,141)(H,109,142)(H,110,144)(H,111,145)(H,112,147)(H,113,135)(H,114,146)(H,115,143)(H,116,148)(H,122,123)(H,124,125)(H,126,127)(H,128,129)(H,130,131)(H,132,133)/t50-,60-,61-,62-,63-,64-,65-,66-,67-,68-,69-,70-,71-,72-,73-/m0/s1. The van der Waals surface area contributed by atoms with E-state index in [4.69, 9.17) is 10.5 Å². The second-order valence-corrected chi connectivity index (χ2v) is 36.1. The Hall–Kier alpha value is -17.0. The van der Waals surface area contributed by atoms with E-state index in [0.29, 0.717) is 44.9 Å². The Bertz CT molecular complexity index is 5870. The van der Waals surface area contributed by atoms with Gasteiger partial charge in [0.05, 0.1) is 19.5 Å². The number of aromatic nitrogens is 2. The maximum Gasteiger partial charge on any atom is 0.305 e. The normalized spacial score (nSPS) is 15.7. The minimum atomic E-state index is -2.15. The molecule has 2 saturated heterocycles. The Labute approximate surface area is 850 Å². The lowest BCUT2D eigenvalue weighted by molar-refractivity contribution is -0.141.